The highest BCUT2D eigenvalue weighted by atomic mass is 16.2. The van der Waals surface area contributed by atoms with E-state index in [1.54, 1.807) is 6.07 Å². The van der Waals surface area contributed by atoms with E-state index in [1.165, 1.54) is 4.90 Å². The van der Waals surface area contributed by atoms with Gasteiger partial charge in [-0.2, -0.15) is 0 Å². The van der Waals surface area contributed by atoms with Crippen molar-refractivity contribution in [1.82, 2.24) is 15.5 Å². The minimum absolute atomic E-state index is 0.0189. The Kier molecular flexibility index (Phi) is 5.58. The van der Waals surface area contributed by atoms with Crippen molar-refractivity contribution in [2.24, 2.45) is 5.92 Å². The Labute approximate surface area is 158 Å². The lowest BCUT2D eigenvalue weighted by molar-refractivity contribution is -0.137. The monoisotopic (exact) mass is 371 g/mol. The molecule has 3 rings (SSSR count). The van der Waals surface area contributed by atoms with Crippen LogP contribution in [-0.2, 0) is 27.5 Å². The summed E-state index contributed by atoms with van der Waals surface area (Å²) in [4.78, 5) is 49.4. The summed E-state index contributed by atoms with van der Waals surface area (Å²) in [5.41, 5.74) is 2.35. The van der Waals surface area contributed by atoms with Gasteiger partial charge in [0.15, 0.2) is 0 Å². The molecule has 0 spiro atoms. The van der Waals surface area contributed by atoms with E-state index < -0.39 is 11.9 Å². The molecule has 1 unspecified atom stereocenters. The first-order chi connectivity index (χ1) is 12.8. The number of nitrogens with one attached hydrogen (secondary N) is 2. The lowest BCUT2D eigenvalue weighted by Gasteiger charge is -2.29. The number of rotatable bonds is 6. The van der Waals surface area contributed by atoms with Crippen LogP contribution in [0, 0.1) is 5.92 Å². The summed E-state index contributed by atoms with van der Waals surface area (Å²) in [6.07, 6.45) is 1.95. The van der Waals surface area contributed by atoms with Crippen molar-refractivity contribution < 1.29 is 19.2 Å². The third-order valence-electron chi connectivity index (χ3n) is 5.03. The molecule has 1 aromatic carbocycles. The van der Waals surface area contributed by atoms with Crippen LogP contribution in [0.2, 0.25) is 0 Å². The van der Waals surface area contributed by atoms with Gasteiger partial charge in [0.05, 0.1) is 0 Å². The molecule has 0 bridgehead atoms. The molecule has 1 aromatic rings. The lowest BCUT2D eigenvalue weighted by Crippen LogP contribution is -2.52. The first kappa shape index (κ1) is 19.1. The number of fused-ring (bicyclic) bond motifs is 1. The van der Waals surface area contributed by atoms with Gasteiger partial charge in [-0.1, -0.05) is 26.0 Å². The van der Waals surface area contributed by atoms with Crippen LogP contribution in [0.1, 0.15) is 61.0 Å². The first-order valence-electron chi connectivity index (χ1n) is 9.38. The van der Waals surface area contributed by atoms with E-state index in [2.05, 4.69) is 24.5 Å². The molecule has 2 N–H and O–H groups in total. The number of hydrogen-bond donors (Lipinski definition) is 2. The molecule has 0 aliphatic carbocycles. The topological polar surface area (TPSA) is 95.6 Å². The van der Waals surface area contributed by atoms with Gasteiger partial charge in [0.1, 0.15) is 6.04 Å². The van der Waals surface area contributed by atoms with Crippen LogP contribution in [0.3, 0.4) is 0 Å². The fourth-order valence-electron chi connectivity index (χ4n) is 3.45. The molecule has 7 nitrogen and oxygen atoms in total. The maximum atomic E-state index is 12.6. The van der Waals surface area contributed by atoms with Crippen LogP contribution in [0.4, 0.5) is 0 Å². The van der Waals surface area contributed by atoms with E-state index in [0.29, 0.717) is 37.4 Å². The zero-order valence-electron chi connectivity index (χ0n) is 15.7. The van der Waals surface area contributed by atoms with E-state index in [9.17, 15) is 19.2 Å². The molecule has 144 valence electrons. The maximum absolute atomic E-state index is 12.6. The van der Waals surface area contributed by atoms with Crippen LogP contribution >= 0.6 is 0 Å². The third-order valence-corrected chi connectivity index (χ3v) is 5.03. The zero-order valence-corrected chi connectivity index (χ0v) is 15.7. The normalized spacial score (nSPS) is 19.3. The molecule has 1 fully saturated rings. The van der Waals surface area contributed by atoms with Crippen molar-refractivity contribution >= 4 is 23.6 Å². The Morgan fingerprint density at radius 2 is 2.07 bits per heavy atom. The van der Waals surface area contributed by atoms with Crippen LogP contribution in [-0.4, -0.2) is 34.6 Å². The van der Waals surface area contributed by atoms with Crippen molar-refractivity contribution in [2.45, 2.75) is 58.7 Å². The first-order valence-corrected chi connectivity index (χ1v) is 9.38. The number of imide groups is 1. The Balaban J connectivity index is 1.63. The molecule has 27 heavy (non-hydrogen) atoms. The number of piperidine rings is 1. The minimum Gasteiger partial charge on any atom is -0.352 e. The van der Waals surface area contributed by atoms with Gasteiger partial charge in [0.25, 0.3) is 5.91 Å². The van der Waals surface area contributed by atoms with E-state index in [0.717, 1.165) is 17.5 Å². The summed E-state index contributed by atoms with van der Waals surface area (Å²) in [5.74, 6) is -0.390. The highest BCUT2D eigenvalue weighted by Crippen LogP contribution is 2.28. The van der Waals surface area contributed by atoms with E-state index in [4.69, 9.17) is 0 Å². The summed E-state index contributed by atoms with van der Waals surface area (Å²) in [5, 5.41) is 5.20. The molecule has 0 radical (unpaired) electrons. The van der Waals surface area contributed by atoms with Crippen LogP contribution in [0.5, 0.6) is 0 Å². The molecular weight excluding hydrogens is 346 g/mol. The van der Waals surface area contributed by atoms with Gasteiger partial charge in [-0.15, -0.1) is 0 Å². The summed E-state index contributed by atoms with van der Waals surface area (Å²) >= 11 is 0. The second-order valence-corrected chi connectivity index (χ2v) is 7.60. The highest BCUT2D eigenvalue weighted by molar-refractivity contribution is 6.05. The van der Waals surface area contributed by atoms with E-state index in [1.807, 2.05) is 12.1 Å². The smallest absolute Gasteiger partial charge is 0.255 e. The van der Waals surface area contributed by atoms with Gasteiger partial charge in [-0.3, -0.25) is 24.5 Å². The van der Waals surface area contributed by atoms with Crippen molar-refractivity contribution in [2.75, 3.05) is 0 Å². The second kappa shape index (κ2) is 7.90. The minimum atomic E-state index is -0.609. The molecule has 1 saturated heterocycles. The largest absolute Gasteiger partial charge is 0.352 e. The van der Waals surface area contributed by atoms with Gasteiger partial charge in [0.2, 0.25) is 17.7 Å². The Hall–Kier alpha value is -2.70. The van der Waals surface area contributed by atoms with E-state index >= 15 is 0 Å². The van der Waals surface area contributed by atoms with Crippen molar-refractivity contribution in [3.63, 3.8) is 0 Å². The third kappa shape index (κ3) is 4.35. The van der Waals surface area contributed by atoms with Crippen molar-refractivity contribution in [3.8, 4) is 0 Å². The summed E-state index contributed by atoms with van der Waals surface area (Å²) in [6.45, 7) is 4.92. The molecule has 2 aliphatic rings. The van der Waals surface area contributed by atoms with Gasteiger partial charge >= 0.3 is 0 Å². The molecule has 1 atom stereocenters. The average molecular weight is 371 g/mol. The quantitative estimate of drug-likeness (QED) is 0.741. The summed E-state index contributed by atoms with van der Waals surface area (Å²) in [7, 11) is 0. The fourth-order valence-corrected chi connectivity index (χ4v) is 3.45. The number of carbonyl (C=O) groups excluding carboxylic acids is 4. The number of benzene rings is 1. The highest BCUT2D eigenvalue weighted by Gasteiger charge is 2.38. The molecule has 7 heteroatoms. The number of carbonyl (C=O) groups is 4. The summed E-state index contributed by atoms with van der Waals surface area (Å²) in [6, 6.07) is 4.87. The lowest BCUT2D eigenvalue weighted by atomic mass is 10.0. The van der Waals surface area contributed by atoms with Crippen LogP contribution < -0.4 is 10.6 Å². The van der Waals surface area contributed by atoms with Gasteiger partial charge in [0, 0.05) is 31.5 Å². The van der Waals surface area contributed by atoms with Crippen molar-refractivity contribution in [1.29, 1.82) is 0 Å². The Morgan fingerprint density at radius 3 is 2.78 bits per heavy atom. The summed E-state index contributed by atoms with van der Waals surface area (Å²) < 4.78 is 0. The molecule has 0 aromatic heterocycles. The van der Waals surface area contributed by atoms with Gasteiger partial charge < -0.3 is 10.2 Å². The molecule has 2 heterocycles. The number of amides is 4. The Bertz CT molecular complexity index is 787. The van der Waals surface area contributed by atoms with Crippen LogP contribution in [0.15, 0.2) is 18.2 Å². The molecule has 2 aliphatic heterocycles. The number of nitrogens with zero attached hydrogens (tertiary/aromatic N) is 1. The van der Waals surface area contributed by atoms with Gasteiger partial charge in [-0.25, -0.2) is 0 Å². The molecule has 4 amide bonds. The average Bonchev–Trinajstić information content (AvgIpc) is 2.94. The van der Waals surface area contributed by atoms with Crippen molar-refractivity contribution in [3.05, 3.63) is 34.9 Å². The number of hydrogen-bond acceptors (Lipinski definition) is 4. The van der Waals surface area contributed by atoms with E-state index in [-0.39, 0.29) is 24.1 Å². The predicted octanol–water partition coefficient (Wildman–Crippen LogP) is 1.50. The second-order valence-electron chi connectivity index (χ2n) is 7.60. The fraction of sp³-hybridized carbons (Fsp3) is 0.500. The SMILES string of the molecule is CC(C)CCC(=O)NCc1ccc2c(c1)CN(C1CCC(=O)NC1=O)C2=O. The Morgan fingerprint density at radius 1 is 1.30 bits per heavy atom. The predicted molar refractivity (Wildman–Crippen MR) is 98.4 cm³/mol. The van der Waals surface area contributed by atoms with Gasteiger partial charge in [-0.05, 0) is 36.0 Å². The zero-order chi connectivity index (χ0) is 19.6. The van der Waals surface area contributed by atoms with Crippen LogP contribution in [0.25, 0.3) is 0 Å². The maximum Gasteiger partial charge on any atom is 0.255 e. The standard InChI is InChI=1S/C20H25N3O4/c1-12(2)3-7-17(24)21-10-13-4-5-15-14(9-13)11-23(20(15)27)16-6-8-18(25)22-19(16)26/h4-5,9,12,16H,3,6-8,10-11H2,1-2H3,(H,21,24)(H,22,25,26). The molecule has 0 saturated carbocycles. The molecular formula is C20H25N3O4.